The van der Waals surface area contributed by atoms with E-state index in [2.05, 4.69) is 26.3 Å². The third-order valence-corrected chi connectivity index (χ3v) is 4.25. The summed E-state index contributed by atoms with van der Waals surface area (Å²) >= 11 is 3.50. The maximum atomic E-state index is 10.9. The van der Waals surface area contributed by atoms with Crippen molar-refractivity contribution in [3.63, 3.8) is 0 Å². The molecule has 0 bridgehead atoms. The third kappa shape index (κ3) is 2.41. The van der Waals surface area contributed by atoms with Gasteiger partial charge in [0.25, 0.3) is 0 Å². The molecular formula is C12H20BrN3O. The number of hydrogen-bond donors (Lipinski definition) is 2. The molecule has 1 saturated heterocycles. The van der Waals surface area contributed by atoms with Gasteiger partial charge in [0.1, 0.15) is 5.60 Å². The van der Waals surface area contributed by atoms with Crippen LogP contribution in [0.1, 0.15) is 32.4 Å². The van der Waals surface area contributed by atoms with Crippen molar-refractivity contribution in [3.8, 4) is 0 Å². The van der Waals surface area contributed by atoms with E-state index in [0.717, 1.165) is 42.6 Å². The Kier molecular flexibility index (Phi) is 3.90. The summed E-state index contributed by atoms with van der Waals surface area (Å²) in [6.07, 6.45) is 3.95. The second-order valence-corrected chi connectivity index (χ2v) is 5.70. The second-order valence-electron chi connectivity index (χ2n) is 4.85. The molecule has 4 nitrogen and oxygen atoms in total. The average Bonchev–Trinajstić information content (AvgIpc) is 2.72. The SMILES string of the molecule is CCn1ncc(Br)c1C(C)(O)C1CCCNC1. The van der Waals surface area contributed by atoms with Crippen LogP contribution in [-0.4, -0.2) is 28.0 Å². The Morgan fingerprint density at radius 3 is 3.06 bits per heavy atom. The van der Waals surface area contributed by atoms with Crippen molar-refractivity contribution in [2.75, 3.05) is 13.1 Å². The van der Waals surface area contributed by atoms with E-state index in [-0.39, 0.29) is 5.92 Å². The summed E-state index contributed by atoms with van der Waals surface area (Å²) in [7, 11) is 0. The smallest absolute Gasteiger partial charge is 0.109 e. The molecule has 1 aliphatic heterocycles. The summed E-state index contributed by atoms with van der Waals surface area (Å²) in [5, 5.41) is 18.5. The number of piperidine rings is 1. The molecule has 1 aromatic heterocycles. The van der Waals surface area contributed by atoms with Gasteiger partial charge in [-0.05, 0) is 49.2 Å². The summed E-state index contributed by atoms with van der Waals surface area (Å²) in [5.74, 6) is 0.245. The minimum atomic E-state index is -0.835. The van der Waals surface area contributed by atoms with E-state index in [4.69, 9.17) is 0 Å². The van der Waals surface area contributed by atoms with Gasteiger partial charge in [-0.15, -0.1) is 0 Å². The molecule has 5 heteroatoms. The zero-order chi connectivity index (χ0) is 12.5. The molecule has 2 N–H and O–H groups in total. The van der Waals surface area contributed by atoms with Crippen LogP contribution in [0.4, 0.5) is 0 Å². The van der Waals surface area contributed by atoms with Crippen molar-refractivity contribution in [2.24, 2.45) is 5.92 Å². The molecule has 0 saturated carbocycles. The number of aromatic nitrogens is 2. The first kappa shape index (κ1) is 13.1. The topological polar surface area (TPSA) is 50.1 Å². The zero-order valence-electron chi connectivity index (χ0n) is 10.4. The quantitative estimate of drug-likeness (QED) is 0.896. The normalized spacial score (nSPS) is 24.6. The monoisotopic (exact) mass is 301 g/mol. The van der Waals surface area contributed by atoms with Gasteiger partial charge in [0.15, 0.2) is 0 Å². The molecule has 2 unspecified atom stereocenters. The zero-order valence-corrected chi connectivity index (χ0v) is 12.0. The summed E-state index contributed by atoms with van der Waals surface area (Å²) in [6, 6.07) is 0. The molecule has 1 fully saturated rings. The molecule has 0 radical (unpaired) electrons. The van der Waals surface area contributed by atoms with Crippen LogP contribution >= 0.6 is 15.9 Å². The van der Waals surface area contributed by atoms with Crippen LogP contribution in [0.5, 0.6) is 0 Å². The number of halogens is 1. The van der Waals surface area contributed by atoms with Gasteiger partial charge in [0.2, 0.25) is 0 Å². The van der Waals surface area contributed by atoms with Crippen molar-refractivity contribution in [1.29, 1.82) is 0 Å². The Hall–Kier alpha value is -0.390. The first-order chi connectivity index (χ1) is 8.07. The molecule has 96 valence electrons. The molecule has 2 heterocycles. The van der Waals surface area contributed by atoms with Gasteiger partial charge in [-0.3, -0.25) is 4.68 Å². The Morgan fingerprint density at radius 1 is 1.71 bits per heavy atom. The fourth-order valence-electron chi connectivity index (χ4n) is 2.63. The van der Waals surface area contributed by atoms with E-state index < -0.39 is 5.60 Å². The predicted octanol–water partition coefficient (Wildman–Crippen LogP) is 1.87. The van der Waals surface area contributed by atoms with Gasteiger partial charge in [0.05, 0.1) is 16.4 Å². The Bertz CT molecular complexity index is 383. The van der Waals surface area contributed by atoms with Crippen LogP contribution in [0.3, 0.4) is 0 Å². The molecule has 2 rings (SSSR count). The highest BCUT2D eigenvalue weighted by molar-refractivity contribution is 9.10. The Morgan fingerprint density at radius 2 is 2.47 bits per heavy atom. The fourth-order valence-corrected chi connectivity index (χ4v) is 3.33. The number of aliphatic hydroxyl groups is 1. The average molecular weight is 302 g/mol. The van der Waals surface area contributed by atoms with Crippen LogP contribution in [0, 0.1) is 5.92 Å². The summed E-state index contributed by atoms with van der Waals surface area (Å²) in [4.78, 5) is 0. The van der Waals surface area contributed by atoms with Crippen LogP contribution < -0.4 is 5.32 Å². The van der Waals surface area contributed by atoms with E-state index in [1.165, 1.54) is 0 Å². The molecule has 0 aromatic carbocycles. The van der Waals surface area contributed by atoms with Gasteiger partial charge in [-0.2, -0.15) is 5.10 Å². The van der Waals surface area contributed by atoms with Crippen molar-refractivity contribution in [2.45, 2.75) is 38.8 Å². The maximum absolute atomic E-state index is 10.9. The molecular weight excluding hydrogens is 282 g/mol. The Balaban J connectivity index is 2.31. The van der Waals surface area contributed by atoms with E-state index in [9.17, 15) is 5.11 Å². The molecule has 0 spiro atoms. The summed E-state index contributed by atoms with van der Waals surface area (Å²) in [6.45, 7) is 6.64. The molecule has 1 aliphatic rings. The highest BCUT2D eigenvalue weighted by Crippen LogP contribution is 2.37. The van der Waals surface area contributed by atoms with Crippen molar-refractivity contribution >= 4 is 15.9 Å². The molecule has 0 aliphatic carbocycles. The van der Waals surface area contributed by atoms with E-state index in [1.54, 1.807) is 6.20 Å². The van der Waals surface area contributed by atoms with Crippen LogP contribution in [-0.2, 0) is 12.1 Å². The van der Waals surface area contributed by atoms with Gasteiger partial charge < -0.3 is 10.4 Å². The Labute approximate surface area is 111 Å². The standard InChI is InChI=1S/C12H20BrN3O/c1-3-16-11(10(13)8-15-16)12(2,17)9-5-4-6-14-7-9/h8-9,14,17H,3-7H2,1-2H3. The summed E-state index contributed by atoms with van der Waals surface area (Å²) in [5.41, 5.74) is 0.0624. The lowest BCUT2D eigenvalue weighted by atomic mass is 9.81. The molecule has 2 atom stereocenters. The number of nitrogens with zero attached hydrogens (tertiary/aromatic N) is 2. The highest BCUT2D eigenvalue weighted by Gasteiger charge is 2.38. The predicted molar refractivity (Wildman–Crippen MR) is 70.8 cm³/mol. The minimum Gasteiger partial charge on any atom is -0.383 e. The number of hydrogen-bond acceptors (Lipinski definition) is 3. The lowest BCUT2D eigenvalue weighted by Crippen LogP contribution is -2.43. The van der Waals surface area contributed by atoms with Gasteiger partial charge in [-0.1, -0.05) is 0 Å². The van der Waals surface area contributed by atoms with E-state index in [0.29, 0.717) is 0 Å². The second kappa shape index (κ2) is 5.08. The molecule has 1 aromatic rings. The van der Waals surface area contributed by atoms with Crippen LogP contribution in [0.25, 0.3) is 0 Å². The number of nitrogens with one attached hydrogen (secondary N) is 1. The van der Waals surface area contributed by atoms with Crippen LogP contribution in [0.2, 0.25) is 0 Å². The van der Waals surface area contributed by atoms with Crippen molar-refractivity contribution in [1.82, 2.24) is 15.1 Å². The lowest BCUT2D eigenvalue weighted by molar-refractivity contribution is -0.0237. The maximum Gasteiger partial charge on any atom is 0.109 e. The molecule has 17 heavy (non-hydrogen) atoms. The minimum absolute atomic E-state index is 0.245. The largest absolute Gasteiger partial charge is 0.383 e. The van der Waals surface area contributed by atoms with Crippen molar-refractivity contribution < 1.29 is 5.11 Å². The summed E-state index contributed by atoms with van der Waals surface area (Å²) < 4.78 is 2.77. The van der Waals surface area contributed by atoms with Gasteiger partial charge in [0, 0.05) is 19.0 Å². The van der Waals surface area contributed by atoms with Gasteiger partial charge in [-0.25, -0.2) is 0 Å². The number of aryl methyl sites for hydroxylation is 1. The lowest BCUT2D eigenvalue weighted by Gasteiger charge is -2.36. The van der Waals surface area contributed by atoms with E-state index in [1.807, 2.05) is 18.5 Å². The first-order valence-electron chi connectivity index (χ1n) is 6.22. The van der Waals surface area contributed by atoms with Crippen LogP contribution in [0.15, 0.2) is 10.7 Å². The first-order valence-corrected chi connectivity index (χ1v) is 7.01. The fraction of sp³-hybridized carbons (Fsp3) is 0.750. The van der Waals surface area contributed by atoms with Crippen molar-refractivity contribution in [3.05, 3.63) is 16.4 Å². The third-order valence-electron chi connectivity index (χ3n) is 3.67. The van der Waals surface area contributed by atoms with Gasteiger partial charge >= 0.3 is 0 Å². The van der Waals surface area contributed by atoms with E-state index >= 15 is 0 Å². The number of rotatable bonds is 3. The highest BCUT2D eigenvalue weighted by atomic mass is 79.9. The molecule has 0 amide bonds.